The van der Waals surface area contributed by atoms with Crippen molar-refractivity contribution in [2.24, 2.45) is 9.36 Å². The molecule has 5 aromatic rings. The maximum Gasteiger partial charge on any atom is 0.170 e. The normalized spacial score (nSPS) is 18.2. The Morgan fingerprint density at radius 2 is 1.54 bits per heavy atom. The third kappa shape index (κ3) is 3.07. The van der Waals surface area contributed by atoms with Crippen LogP contribution in [-0.2, 0) is 9.73 Å². The van der Waals surface area contributed by atoms with Crippen LogP contribution in [-0.4, -0.2) is 10.0 Å². The minimum atomic E-state index is -3.13. The van der Waals surface area contributed by atoms with Crippen LogP contribution in [0.15, 0.2) is 115 Å². The summed E-state index contributed by atoms with van der Waals surface area (Å²) in [5.74, 6) is 1.01. The number of rotatable bonds is 4. The number of amidine groups is 1. The fourth-order valence-corrected chi connectivity index (χ4v) is 6.64. The highest BCUT2D eigenvalue weighted by Gasteiger charge is 2.30. The van der Waals surface area contributed by atoms with Gasteiger partial charge in [0.15, 0.2) is 5.84 Å². The molecule has 0 N–H and O–H groups in total. The van der Waals surface area contributed by atoms with Gasteiger partial charge in [-0.15, -0.1) is 0 Å². The van der Waals surface area contributed by atoms with Gasteiger partial charge < -0.3 is 8.83 Å². The van der Waals surface area contributed by atoms with E-state index in [-0.39, 0.29) is 0 Å². The van der Waals surface area contributed by atoms with E-state index in [1.54, 1.807) is 13.0 Å². The lowest BCUT2D eigenvalue weighted by atomic mass is 10.1. The average molecular weight is 479 g/mol. The van der Waals surface area contributed by atoms with Gasteiger partial charge >= 0.3 is 0 Å². The van der Waals surface area contributed by atoms with E-state index in [1.807, 2.05) is 73.7 Å². The smallest absolute Gasteiger partial charge is 0.170 e. The highest BCUT2D eigenvalue weighted by atomic mass is 32.2. The minimum absolute atomic E-state index is 0.360. The zero-order valence-corrected chi connectivity index (χ0v) is 20.2. The average Bonchev–Trinajstić information content (AvgIpc) is 3.41. The molecule has 1 aliphatic rings. The number of allylic oxidation sites excluding steroid dienone is 2. The van der Waals surface area contributed by atoms with Crippen LogP contribution in [0.1, 0.15) is 23.8 Å². The van der Waals surface area contributed by atoms with E-state index in [0.29, 0.717) is 38.2 Å². The first-order valence-corrected chi connectivity index (χ1v) is 12.7. The molecule has 0 saturated heterocycles. The predicted molar refractivity (Wildman–Crippen MR) is 144 cm³/mol. The number of aryl methyl sites for hydroxylation is 1. The summed E-state index contributed by atoms with van der Waals surface area (Å²) in [7, 11) is -3.13. The van der Waals surface area contributed by atoms with E-state index in [1.165, 1.54) is 0 Å². The van der Waals surface area contributed by atoms with Gasteiger partial charge in [-0.3, -0.25) is 0 Å². The van der Waals surface area contributed by atoms with Gasteiger partial charge in [-0.1, -0.05) is 61.7 Å². The minimum Gasteiger partial charge on any atom is -0.461 e. The summed E-state index contributed by atoms with van der Waals surface area (Å²) < 4.78 is 31.5. The lowest BCUT2D eigenvalue weighted by molar-refractivity contribution is 0.577. The van der Waals surface area contributed by atoms with Crippen molar-refractivity contribution in [3.05, 3.63) is 113 Å². The summed E-state index contributed by atoms with van der Waals surface area (Å²) in [6.07, 6.45) is 1.62. The quantitative estimate of drug-likeness (QED) is 0.263. The Bertz CT molecular complexity index is 1910. The van der Waals surface area contributed by atoms with E-state index >= 15 is 0 Å². The number of benzene rings is 3. The molecule has 0 bridgehead atoms. The third-order valence-corrected chi connectivity index (χ3v) is 8.78. The number of furan rings is 2. The third-order valence-electron chi connectivity index (χ3n) is 6.44. The highest BCUT2D eigenvalue weighted by Crippen LogP contribution is 2.40. The van der Waals surface area contributed by atoms with Crippen molar-refractivity contribution in [1.29, 1.82) is 0 Å². The molecule has 6 heteroatoms. The number of nitrogens with zero attached hydrogens (tertiary/aromatic N) is 2. The van der Waals surface area contributed by atoms with Crippen LogP contribution in [0.4, 0.5) is 0 Å². The number of fused-ring (bicyclic) bond motifs is 4. The second kappa shape index (κ2) is 7.68. The molecule has 0 fully saturated rings. The molecule has 0 spiro atoms. The first-order chi connectivity index (χ1) is 16.9. The molecule has 1 unspecified atom stereocenters. The molecule has 0 radical (unpaired) electrons. The van der Waals surface area contributed by atoms with Crippen molar-refractivity contribution in [2.75, 3.05) is 0 Å². The molecule has 0 saturated carbocycles. The van der Waals surface area contributed by atoms with Gasteiger partial charge in [0.1, 0.15) is 32.2 Å². The van der Waals surface area contributed by atoms with Crippen molar-refractivity contribution < 1.29 is 13.0 Å². The molecule has 5 nitrogen and oxygen atoms in total. The largest absolute Gasteiger partial charge is 0.461 e. The Morgan fingerprint density at radius 3 is 2.29 bits per heavy atom. The van der Waals surface area contributed by atoms with Crippen LogP contribution in [0, 0.1) is 6.92 Å². The van der Waals surface area contributed by atoms with Crippen LogP contribution < -0.4 is 0 Å². The van der Waals surface area contributed by atoms with Crippen molar-refractivity contribution in [3.8, 4) is 0 Å². The number of para-hydroxylation sites is 2. The van der Waals surface area contributed by atoms with Crippen LogP contribution >= 0.6 is 0 Å². The van der Waals surface area contributed by atoms with E-state index < -0.39 is 9.73 Å². The van der Waals surface area contributed by atoms with Gasteiger partial charge in [0.05, 0.1) is 15.5 Å². The van der Waals surface area contributed by atoms with Gasteiger partial charge in [-0.05, 0) is 38.1 Å². The van der Waals surface area contributed by atoms with Crippen molar-refractivity contribution in [2.45, 2.75) is 13.8 Å². The maximum atomic E-state index is 14.7. The molecule has 2 aromatic heterocycles. The zero-order chi connectivity index (χ0) is 24.3. The van der Waals surface area contributed by atoms with Crippen molar-refractivity contribution in [3.63, 3.8) is 0 Å². The molecule has 3 aromatic carbocycles. The summed E-state index contributed by atoms with van der Waals surface area (Å²) in [6, 6.07) is 21.2. The molecule has 172 valence electrons. The summed E-state index contributed by atoms with van der Waals surface area (Å²) in [4.78, 5) is 5.68. The molecule has 35 heavy (non-hydrogen) atoms. The van der Waals surface area contributed by atoms with E-state index in [2.05, 4.69) is 13.2 Å². The number of hydrogen-bond acceptors (Lipinski definition) is 5. The summed E-state index contributed by atoms with van der Waals surface area (Å²) in [5.41, 5.74) is 4.19. The lowest BCUT2D eigenvalue weighted by Crippen LogP contribution is -2.14. The zero-order valence-electron chi connectivity index (χ0n) is 19.4. The molecule has 1 atom stereocenters. The van der Waals surface area contributed by atoms with Crippen LogP contribution in [0.25, 0.3) is 37.8 Å². The molecular weight excluding hydrogens is 456 g/mol. The maximum absolute atomic E-state index is 14.7. The predicted octanol–water partition coefficient (Wildman–Crippen LogP) is 7.96. The van der Waals surface area contributed by atoms with Gasteiger partial charge in [-0.25, -0.2) is 9.20 Å². The highest BCUT2D eigenvalue weighted by molar-refractivity contribution is 8.06. The number of hydrogen-bond donors (Lipinski definition) is 0. The Balaban J connectivity index is 1.63. The Labute approximate surface area is 203 Å². The SMILES string of the molecule is C=CC1=C(C)S(=O)(C(=C)c2c(C)oc3ccccc23)=NC(c2cccc3oc4ccccc4c23)=N1. The summed E-state index contributed by atoms with van der Waals surface area (Å²) >= 11 is 0. The Morgan fingerprint density at radius 1 is 0.886 bits per heavy atom. The molecule has 3 heterocycles. The van der Waals surface area contributed by atoms with Crippen LogP contribution in [0.5, 0.6) is 0 Å². The topological polar surface area (TPSA) is 68.1 Å². The summed E-state index contributed by atoms with van der Waals surface area (Å²) in [5, 5.41) is 2.68. The molecule has 1 aliphatic heterocycles. The molecule has 6 rings (SSSR count). The molecular formula is C29H22N2O3S. The molecule has 0 amide bonds. The first kappa shape index (κ1) is 21.4. The first-order valence-electron chi connectivity index (χ1n) is 11.2. The van der Waals surface area contributed by atoms with Crippen LogP contribution in [0.3, 0.4) is 0 Å². The standard InChI is InChI=1S/C29H22N2O3S/c1-5-23-18(3)35(32,19(4)27-17(2)33-24-14-8-6-11-20(24)27)31-29(30-23)22-13-10-16-26-28(22)21-12-7-9-15-25(21)34-26/h5-16H,1,4H2,2-3H3. The fourth-order valence-electron chi connectivity index (χ4n) is 4.70. The number of aliphatic imine (C=N–C) groups is 1. The lowest BCUT2D eigenvalue weighted by Gasteiger charge is -2.20. The monoisotopic (exact) mass is 478 g/mol. The van der Waals surface area contributed by atoms with Crippen LogP contribution in [0.2, 0.25) is 0 Å². The van der Waals surface area contributed by atoms with Gasteiger partial charge in [0.2, 0.25) is 0 Å². The Kier molecular flexibility index (Phi) is 4.69. The van der Waals surface area contributed by atoms with E-state index in [0.717, 1.165) is 32.9 Å². The summed E-state index contributed by atoms with van der Waals surface area (Å²) in [6.45, 7) is 11.8. The van der Waals surface area contributed by atoms with Crippen molar-refractivity contribution in [1.82, 2.24) is 0 Å². The van der Waals surface area contributed by atoms with Gasteiger partial charge in [0.25, 0.3) is 0 Å². The second-order valence-corrected chi connectivity index (χ2v) is 10.8. The van der Waals surface area contributed by atoms with Gasteiger partial charge in [-0.2, -0.15) is 4.36 Å². The van der Waals surface area contributed by atoms with Gasteiger partial charge in [0, 0.05) is 27.3 Å². The van der Waals surface area contributed by atoms with Crippen molar-refractivity contribution >= 4 is 53.4 Å². The second-order valence-electron chi connectivity index (χ2n) is 8.43. The van der Waals surface area contributed by atoms with E-state index in [9.17, 15) is 4.21 Å². The van der Waals surface area contributed by atoms with E-state index in [4.69, 9.17) is 18.2 Å². The molecule has 0 aliphatic carbocycles. The fraction of sp³-hybridized carbons (Fsp3) is 0.0690. The Hall–Kier alpha value is -4.16.